The predicted molar refractivity (Wildman–Crippen MR) is 82.9 cm³/mol. The van der Waals surface area contributed by atoms with E-state index in [1.165, 1.54) is 0 Å². The molecule has 3 nitrogen and oxygen atoms in total. The van der Waals surface area contributed by atoms with Crippen LogP contribution in [-0.4, -0.2) is 22.9 Å². The molecule has 0 heterocycles. The number of rotatable bonds is 6. The summed E-state index contributed by atoms with van der Waals surface area (Å²) >= 11 is 11.9. The van der Waals surface area contributed by atoms with E-state index < -0.39 is 0 Å². The molecule has 20 heavy (non-hydrogen) atoms. The van der Waals surface area contributed by atoms with E-state index in [4.69, 9.17) is 28.9 Å². The van der Waals surface area contributed by atoms with Crippen LogP contribution < -0.4 is 5.73 Å². The van der Waals surface area contributed by atoms with Crippen LogP contribution in [0.5, 0.6) is 0 Å². The molecule has 1 fully saturated rings. The lowest BCUT2D eigenvalue weighted by molar-refractivity contribution is -0.132. The van der Waals surface area contributed by atoms with Gasteiger partial charge in [-0.25, -0.2) is 0 Å². The van der Waals surface area contributed by atoms with E-state index >= 15 is 0 Å². The van der Waals surface area contributed by atoms with Crippen molar-refractivity contribution in [2.45, 2.75) is 51.2 Å². The Labute approximate surface area is 130 Å². The Hall–Kier alpha value is -0.770. The van der Waals surface area contributed by atoms with E-state index in [-0.39, 0.29) is 11.9 Å². The fourth-order valence-electron chi connectivity index (χ4n) is 2.14. The van der Waals surface area contributed by atoms with Crippen molar-refractivity contribution < 1.29 is 4.79 Å². The molecule has 0 saturated heterocycles. The molecule has 0 aromatic heterocycles. The Balaban J connectivity index is 2.01. The molecule has 1 aromatic carbocycles. The summed E-state index contributed by atoms with van der Waals surface area (Å²) < 4.78 is 0. The largest absolute Gasteiger partial charge is 0.335 e. The zero-order valence-corrected chi connectivity index (χ0v) is 13.1. The second-order valence-corrected chi connectivity index (χ2v) is 6.33. The summed E-state index contributed by atoms with van der Waals surface area (Å²) in [5.74, 6) is 0.177. The maximum Gasteiger partial charge on any atom is 0.223 e. The van der Waals surface area contributed by atoms with Crippen LogP contribution in [-0.2, 0) is 11.3 Å². The fourth-order valence-corrected chi connectivity index (χ4v) is 2.46. The van der Waals surface area contributed by atoms with Gasteiger partial charge in [-0.2, -0.15) is 0 Å². The average Bonchev–Trinajstić information content (AvgIpc) is 3.21. The van der Waals surface area contributed by atoms with Gasteiger partial charge in [0.05, 0.1) is 10.0 Å². The lowest BCUT2D eigenvalue weighted by Crippen LogP contribution is -2.33. The molecule has 1 atom stereocenters. The number of halogens is 2. The first-order chi connectivity index (χ1) is 9.47. The molecule has 1 aromatic rings. The van der Waals surface area contributed by atoms with Crippen molar-refractivity contribution in [1.29, 1.82) is 0 Å². The second-order valence-electron chi connectivity index (χ2n) is 5.52. The Morgan fingerprint density at radius 2 is 2.10 bits per heavy atom. The monoisotopic (exact) mass is 314 g/mol. The van der Waals surface area contributed by atoms with Gasteiger partial charge in [0, 0.05) is 25.0 Å². The first kappa shape index (κ1) is 15.6. The second kappa shape index (κ2) is 6.79. The highest BCUT2D eigenvalue weighted by Gasteiger charge is 2.32. The minimum atomic E-state index is 0.0602. The van der Waals surface area contributed by atoms with Gasteiger partial charge in [0.1, 0.15) is 0 Å². The minimum absolute atomic E-state index is 0.0602. The van der Waals surface area contributed by atoms with Crippen molar-refractivity contribution in [2.75, 3.05) is 0 Å². The van der Waals surface area contributed by atoms with Crippen LogP contribution in [0.1, 0.15) is 38.2 Å². The Kier molecular flexibility index (Phi) is 5.30. The van der Waals surface area contributed by atoms with Gasteiger partial charge in [-0.3, -0.25) is 4.79 Å². The summed E-state index contributed by atoms with van der Waals surface area (Å²) in [6, 6.07) is 5.96. The molecule has 1 aliphatic carbocycles. The van der Waals surface area contributed by atoms with Crippen LogP contribution in [0.2, 0.25) is 10.0 Å². The predicted octanol–water partition coefficient (Wildman–Crippen LogP) is 3.61. The lowest BCUT2D eigenvalue weighted by atomic mass is 10.1. The number of hydrogen-bond donors (Lipinski definition) is 1. The number of carbonyl (C=O) groups is 1. The smallest absolute Gasteiger partial charge is 0.223 e. The van der Waals surface area contributed by atoms with Gasteiger partial charge in [-0.15, -0.1) is 0 Å². The maximum absolute atomic E-state index is 12.3. The van der Waals surface area contributed by atoms with Crippen LogP contribution in [0.15, 0.2) is 18.2 Å². The molecule has 1 saturated carbocycles. The summed E-state index contributed by atoms with van der Waals surface area (Å²) in [4.78, 5) is 14.2. The van der Waals surface area contributed by atoms with Gasteiger partial charge in [0.25, 0.3) is 0 Å². The van der Waals surface area contributed by atoms with Crippen molar-refractivity contribution in [1.82, 2.24) is 4.90 Å². The molecular formula is C15H20Cl2N2O. The van der Waals surface area contributed by atoms with E-state index in [1.54, 1.807) is 6.07 Å². The van der Waals surface area contributed by atoms with Crippen molar-refractivity contribution in [2.24, 2.45) is 5.73 Å². The standard InChI is InChI=1S/C15H20Cl2N2O/c1-10(18)2-7-15(20)19(12-4-5-12)9-11-3-6-13(16)14(17)8-11/h3,6,8,10,12H,2,4-5,7,9,18H2,1H3. The van der Waals surface area contributed by atoms with E-state index in [2.05, 4.69) is 0 Å². The third-order valence-corrected chi connectivity index (χ3v) is 4.20. The van der Waals surface area contributed by atoms with Crippen LogP contribution in [0, 0.1) is 0 Å². The molecule has 2 N–H and O–H groups in total. The van der Waals surface area contributed by atoms with Gasteiger partial charge >= 0.3 is 0 Å². The van der Waals surface area contributed by atoms with E-state index in [0.717, 1.165) is 24.8 Å². The number of nitrogens with zero attached hydrogens (tertiary/aromatic N) is 1. The van der Waals surface area contributed by atoms with Crippen molar-refractivity contribution in [3.05, 3.63) is 33.8 Å². The number of benzene rings is 1. The van der Waals surface area contributed by atoms with Crippen molar-refractivity contribution >= 4 is 29.1 Å². The van der Waals surface area contributed by atoms with Crippen LogP contribution in [0.4, 0.5) is 0 Å². The topological polar surface area (TPSA) is 46.3 Å². The molecule has 0 aliphatic heterocycles. The normalized spacial score (nSPS) is 16.0. The number of hydrogen-bond acceptors (Lipinski definition) is 2. The summed E-state index contributed by atoms with van der Waals surface area (Å²) in [5.41, 5.74) is 6.73. The number of amides is 1. The van der Waals surface area contributed by atoms with Crippen molar-refractivity contribution in [3.63, 3.8) is 0 Å². The van der Waals surface area contributed by atoms with E-state index in [1.807, 2.05) is 24.0 Å². The molecule has 2 rings (SSSR count). The van der Waals surface area contributed by atoms with Crippen LogP contribution in [0.3, 0.4) is 0 Å². The van der Waals surface area contributed by atoms with Gasteiger partial charge in [-0.1, -0.05) is 29.3 Å². The van der Waals surface area contributed by atoms with Gasteiger partial charge in [-0.05, 0) is 43.9 Å². The van der Waals surface area contributed by atoms with Crippen LogP contribution >= 0.6 is 23.2 Å². The lowest BCUT2D eigenvalue weighted by Gasteiger charge is -2.23. The number of nitrogens with two attached hydrogens (primary N) is 1. The Morgan fingerprint density at radius 3 is 2.65 bits per heavy atom. The fraction of sp³-hybridized carbons (Fsp3) is 0.533. The molecule has 0 radical (unpaired) electrons. The summed E-state index contributed by atoms with van der Waals surface area (Å²) in [5, 5.41) is 1.07. The quantitative estimate of drug-likeness (QED) is 0.871. The SMILES string of the molecule is CC(N)CCC(=O)N(Cc1ccc(Cl)c(Cl)c1)C1CC1. The van der Waals surface area contributed by atoms with Gasteiger partial charge in [0.2, 0.25) is 5.91 Å². The summed E-state index contributed by atoms with van der Waals surface area (Å²) in [7, 11) is 0. The molecule has 0 bridgehead atoms. The zero-order chi connectivity index (χ0) is 14.7. The molecule has 0 spiro atoms. The van der Waals surface area contributed by atoms with Crippen molar-refractivity contribution in [3.8, 4) is 0 Å². The van der Waals surface area contributed by atoms with E-state index in [9.17, 15) is 4.79 Å². The van der Waals surface area contributed by atoms with Crippen LogP contribution in [0.25, 0.3) is 0 Å². The molecule has 5 heteroatoms. The summed E-state index contributed by atoms with van der Waals surface area (Å²) in [6.07, 6.45) is 3.41. The molecule has 1 unspecified atom stereocenters. The third kappa shape index (κ3) is 4.37. The zero-order valence-electron chi connectivity index (χ0n) is 11.6. The maximum atomic E-state index is 12.3. The first-order valence-electron chi connectivity index (χ1n) is 6.96. The highest BCUT2D eigenvalue weighted by atomic mass is 35.5. The summed E-state index contributed by atoms with van der Waals surface area (Å²) in [6.45, 7) is 2.52. The molecule has 110 valence electrons. The minimum Gasteiger partial charge on any atom is -0.335 e. The van der Waals surface area contributed by atoms with Gasteiger partial charge in [0.15, 0.2) is 0 Å². The highest BCUT2D eigenvalue weighted by Crippen LogP contribution is 2.30. The average molecular weight is 315 g/mol. The molecular weight excluding hydrogens is 295 g/mol. The van der Waals surface area contributed by atoms with E-state index in [0.29, 0.717) is 29.1 Å². The first-order valence-corrected chi connectivity index (χ1v) is 7.72. The third-order valence-electron chi connectivity index (χ3n) is 3.46. The van der Waals surface area contributed by atoms with Gasteiger partial charge < -0.3 is 10.6 Å². The molecule has 1 aliphatic rings. The molecule has 1 amide bonds. The number of carbonyl (C=O) groups excluding carboxylic acids is 1. The Morgan fingerprint density at radius 1 is 1.40 bits per heavy atom. The highest BCUT2D eigenvalue weighted by molar-refractivity contribution is 6.42. The Bertz CT molecular complexity index is 487.